The molecule has 1 amide bonds. The lowest BCUT2D eigenvalue weighted by atomic mass is 9.58. The second kappa shape index (κ2) is 9.36. The highest BCUT2D eigenvalue weighted by atomic mass is 32.2. The Morgan fingerprint density at radius 1 is 0.972 bits per heavy atom. The predicted molar refractivity (Wildman–Crippen MR) is 140 cm³/mol. The van der Waals surface area contributed by atoms with E-state index in [1.807, 2.05) is 19.1 Å². The van der Waals surface area contributed by atoms with Crippen molar-refractivity contribution in [2.45, 2.75) is 45.4 Å². The molecule has 0 bridgehead atoms. The summed E-state index contributed by atoms with van der Waals surface area (Å²) in [6, 6.07) is 13.7. The Kier molecular flexibility index (Phi) is 6.73. The quantitative estimate of drug-likeness (QED) is 0.546. The molecule has 1 N–H and O–H groups in total. The highest BCUT2D eigenvalue weighted by Crippen LogP contribution is 2.55. The zero-order valence-electron chi connectivity index (χ0n) is 21.2. The van der Waals surface area contributed by atoms with Gasteiger partial charge in [0.05, 0.1) is 16.2 Å². The average Bonchev–Trinajstić information content (AvgIpc) is 2.82. The zero-order valence-corrected chi connectivity index (χ0v) is 22.1. The molecule has 1 atom stereocenters. The average molecular weight is 508 g/mol. The van der Waals surface area contributed by atoms with Crippen LogP contribution >= 0.6 is 0 Å². The van der Waals surface area contributed by atoms with Gasteiger partial charge in [-0.2, -0.15) is 0 Å². The molecule has 0 saturated heterocycles. The van der Waals surface area contributed by atoms with Gasteiger partial charge in [-0.1, -0.05) is 68.3 Å². The van der Waals surface area contributed by atoms with E-state index in [0.29, 0.717) is 13.1 Å². The molecule has 0 fully saturated rings. The molecule has 0 saturated carbocycles. The summed E-state index contributed by atoms with van der Waals surface area (Å²) in [6.07, 6.45) is 5.01. The van der Waals surface area contributed by atoms with Gasteiger partial charge in [0.1, 0.15) is 0 Å². The van der Waals surface area contributed by atoms with Crippen LogP contribution in [-0.4, -0.2) is 49.1 Å². The number of benzene rings is 2. The van der Waals surface area contributed by atoms with Gasteiger partial charge in [-0.3, -0.25) is 4.79 Å². The molecule has 0 spiro atoms. The number of nitrogens with zero attached hydrogens (tertiary/aromatic N) is 1. The van der Waals surface area contributed by atoms with Gasteiger partial charge < -0.3 is 10.0 Å². The van der Waals surface area contributed by atoms with Gasteiger partial charge in [-0.25, -0.2) is 13.2 Å². The lowest BCUT2D eigenvalue weighted by Gasteiger charge is -2.50. The predicted octanol–water partition coefficient (Wildman–Crippen LogP) is 5.15. The summed E-state index contributed by atoms with van der Waals surface area (Å²) in [5.41, 5.74) is 4.10. The molecule has 1 aliphatic heterocycles. The van der Waals surface area contributed by atoms with E-state index in [-0.39, 0.29) is 39.4 Å². The molecule has 36 heavy (non-hydrogen) atoms. The van der Waals surface area contributed by atoms with Crippen LogP contribution in [0.4, 0.5) is 0 Å². The molecular formula is C29H33NO5S. The summed E-state index contributed by atoms with van der Waals surface area (Å²) < 4.78 is 25.4. The van der Waals surface area contributed by atoms with Crippen LogP contribution in [0.3, 0.4) is 0 Å². The number of carbonyl (C=O) groups is 2. The van der Waals surface area contributed by atoms with E-state index in [9.17, 15) is 23.1 Å². The first-order chi connectivity index (χ1) is 16.8. The minimum atomic E-state index is -3.52. The van der Waals surface area contributed by atoms with Crippen molar-refractivity contribution in [2.24, 2.45) is 10.8 Å². The highest BCUT2D eigenvalue weighted by molar-refractivity contribution is 7.91. The van der Waals surface area contributed by atoms with Crippen LogP contribution in [0.1, 0.15) is 55.1 Å². The third kappa shape index (κ3) is 4.89. The Morgan fingerprint density at radius 2 is 1.61 bits per heavy atom. The Hall–Kier alpha value is -3.19. The van der Waals surface area contributed by atoms with Crippen molar-refractivity contribution < 1.29 is 23.1 Å². The first-order valence-corrected chi connectivity index (χ1v) is 13.8. The monoisotopic (exact) mass is 507 g/mol. The second-order valence-corrected chi connectivity index (χ2v) is 12.8. The number of aryl methyl sites for hydroxylation is 1. The molecule has 2 aromatic carbocycles. The van der Waals surface area contributed by atoms with Crippen LogP contribution in [0.25, 0.3) is 5.57 Å². The van der Waals surface area contributed by atoms with Gasteiger partial charge >= 0.3 is 5.97 Å². The van der Waals surface area contributed by atoms with Crippen LogP contribution in [-0.2, 0) is 14.6 Å². The summed E-state index contributed by atoms with van der Waals surface area (Å²) in [7, 11) is -3.52. The molecule has 0 unspecified atom stereocenters. The molecule has 2 aromatic rings. The van der Waals surface area contributed by atoms with E-state index in [1.54, 1.807) is 41.3 Å². The van der Waals surface area contributed by atoms with E-state index in [2.05, 4.69) is 32.9 Å². The summed E-state index contributed by atoms with van der Waals surface area (Å²) in [5, 5.41) is 9.21. The number of allylic oxidation sites excluding steroid dienone is 2. The Morgan fingerprint density at radius 3 is 2.22 bits per heavy atom. The second-order valence-electron chi connectivity index (χ2n) is 10.7. The van der Waals surface area contributed by atoms with E-state index >= 15 is 0 Å². The lowest BCUT2D eigenvalue weighted by Crippen LogP contribution is -2.49. The van der Waals surface area contributed by atoms with E-state index in [0.717, 1.165) is 23.1 Å². The molecular weight excluding hydrogens is 474 g/mol. The van der Waals surface area contributed by atoms with E-state index < -0.39 is 15.8 Å². The smallest absolute Gasteiger partial charge is 0.335 e. The van der Waals surface area contributed by atoms with Crippen molar-refractivity contribution in [3.63, 3.8) is 0 Å². The van der Waals surface area contributed by atoms with Crippen molar-refractivity contribution in [1.29, 1.82) is 0 Å². The molecule has 1 heterocycles. The Bertz CT molecular complexity index is 1350. The van der Waals surface area contributed by atoms with Crippen molar-refractivity contribution in [2.75, 3.05) is 18.8 Å². The molecule has 7 heteroatoms. The first-order valence-electron chi connectivity index (χ1n) is 12.2. The zero-order chi connectivity index (χ0) is 26.3. The number of hydrogen-bond acceptors (Lipinski definition) is 4. The van der Waals surface area contributed by atoms with E-state index in [1.165, 1.54) is 5.57 Å². The molecule has 1 aliphatic carbocycles. The number of amides is 1. The summed E-state index contributed by atoms with van der Waals surface area (Å²) >= 11 is 0. The number of aromatic carboxylic acids is 1. The van der Waals surface area contributed by atoms with Gasteiger partial charge in [0.2, 0.25) is 5.91 Å². The minimum absolute atomic E-state index is 0.0458. The molecule has 190 valence electrons. The van der Waals surface area contributed by atoms with Crippen LogP contribution in [0, 0.1) is 17.8 Å². The van der Waals surface area contributed by atoms with Crippen molar-refractivity contribution >= 4 is 27.3 Å². The number of carbonyl (C=O) groups excluding carboxylic acids is 1. The SMILES string of the molecule is Cc1ccc(S(=O)(=O)CCC(=O)N2CC=C3C(C)(C)C(c4ccc(C(=O)O)cc4)=CC[C@]3(C)C2)cc1. The van der Waals surface area contributed by atoms with Gasteiger partial charge in [0.25, 0.3) is 0 Å². The molecule has 0 radical (unpaired) electrons. The van der Waals surface area contributed by atoms with Crippen LogP contribution in [0.5, 0.6) is 0 Å². The van der Waals surface area contributed by atoms with Crippen LogP contribution < -0.4 is 0 Å². The number of fused-ring (bicyclic) bond motifs is 1. The van der Waals surface area contributed by atoms with Crippen molar-refractivity contribution in [1.82, 2.24) is 4.90 Å². The molecule has 6 nitrogen and oxygen atoms in total. The van der Waals surface area contributed by atoms with Gasteiger partial charge in [0, 0.05) is 30.3 Å². The Labute approximate surface area is 213 Å². The third-order valence-electron chi connectivity index (χ3n) is 7.57. The number of carboxylic acids is 1. The maximum Gasteiger partial charge on any atom is 0.335 e. The normalized spacial score (nSPS) is 21.3. The number of sulfone groups is 1. The third-order valence-corrected chi connectivity index (χ3v) is 9.30. The number of hydrogen-bond donors (Lipinski definition) is 1. The standard InChI is InChI=1S/C29H33NO5S/c1-20-5-11-23(12-6-20)36(34,35)18-15-26(31)30-17-14-25-28(2,3)24(13-16-29(25,4)19-30)21-7-9-22(10-8-21)27(32)33/h5-14H,15-19H2,1-4H3,(H,32,33)/t29-/m1/s1. The maximum atomic E-state index is 13.0. The highest BCUT2D eigenvalue weighted by Gasteiger charge is 2.46. The van der Waals surface area contributed by atoms with Crippen molar-refractivity contribution in [3.8, 4) is 0 Å². The van der Waals surface area contributed by atoms with Gasteiger partial charge in [-0.15, -0.1) is 0 Å². The van der Waals surface area contributed by atoms with Crippen molar-refractivity contribution in [3.05, 3.63) is 82.9 Å². The molecule has 4 rings (SSSR count). The fraction of sp³-hybridized carbons (Fsp3) is 0.379. The minimum Gasteiger partial charge on any atom is -0.478 e. The number of rotatable bonds is 6. The maximum absolute atomic E-state index is 13.0. The lowest BCUT2D eigenvalue weighted by molar-refractivity contribution is -0.132. The van der Waals surface area contributed by atoms with Gasteiger partial charge in [0.15, 0.2) is 9.84 Å². The van der Waals surface area contributed by atoms with E-state index in [4.69, 9.17) is 0 Å². The summed E-state index contributed by atoms with van der Waals surface area (Å²) in [4.78, 5) is 26.3. The Balaban J connectivity index is 1.48. The fourth-order valence-electron chi connectivity index (χ4n) is 5.63. The molecule has 0 aromatic heterocycles. The number of carboxylic acid groups (broad SMARTS) is 1. The van der Waals surface area contributed by atoms with Crippen LogP contribution in [0.15, 0.2) is 71.2 Å². The van der Waals surface area contributed by atoms with Crippen LogP contribution in [0.2, 0.25) is 0 Å². The summed E-state index contributed by atoms with van der Waals surface area (Å²) in [6.45, 7) is 9.37. The topological polar surface area (TPSA) is 91.8 Å². The largest absolute Gasteiger partial charge is 0.478 e. The molecule has 2 aliphatic rings. The van der Waals surface area contributed by atoms with Gasteiger partial charge in [-0.05, 0) is 48.7 Å². The first kappa shape index (κ1) is 25.9. The fourth-order valence-corrected chi connectivity index (χ4v) is 6.86. The summed E-state index contributed by atoms with van der Waals surface area (Å²) in [5.74, 6) is -1.31.